The van der Waals surface area contributed by atoms with Crippen molar-refractivity contribution in [2.75, 3.05) is 11.9 Å². The van der Waals surface area contributed by atoms with Crippen molar-refractivity contribution in [2.45, 2.75) is 53.4 Å². The zero-order valence-corrected chi connectivity index (χ0v) is 19.8. The monoisotopic (exact) mass is 436 g/mol. The minimum atomic E-state index is -0.0868. The van der Waals surface area contributed by atoms with Gasteiger partial charge in [0.25, 0.3) is 5.91 Å². The second-order valence-electron chi connectivity index (χ2n) is 9.05. The van der Waals surface area contributed by atoms with Gasteiger partial charge in [-0.15, -0.1) is 0 Å². The lowest BCUT2D eigenvalue weighted by atomic mass is 9.72. The molecule has 0 fully saturated rings. The topological polar surface area (TPSA) is 72.2 Å². The number of Topliss-reactive ketones (excluding diaryl/α,β-unsaturated/α-hetero) is 1. The van der Waals surface area contributed by atoms with Crippen LogP contribution in [0.5, 0.6) is 0 Å². The van der Waals surface area contributed by atoms with Gasteiger partial charge in [0, 0.05) is 19.7 Å². The molecule has 0 spiro atoms. The maximum Gasteiger partial charge on any atom is 0.256 e. The average molecular weight is 437 g/mol. The van der Waals surface area contributed by atoms with Crippen LogP contribution >= 0.6 is 0 Å². The zero-order chi connectivity index (χ0) is 23.3. The number of ketones is 1. The Labute approximate surface area is 195 Å². The molecule has 0 saturated heterocycles. The van der Waals surface area contributed by atoms with E-state index in [9.17, 15) is 9.59 Å². The van der Waals surface area contributed by atoms with Gasteiger partial charge in [0.15, 0.2) is 5.78 Å². The Morgan fingerprint density at radius 3 is 2.41 bits per heavy atom. The Bertz CT molecular complexity index is 1000. The Balaban J connectivity index is 0.00000289. The van der Waals surface area contributed by atoms with Crippen LogP contribution in [0.1, 0.15) is 77.7 Å². The van der Waals surface area contributed by atoms with Gasteiger partial charge in [-0.1, -0.05) is 63.9 Å². The number of amides is 1. The molecule has 2 aromatic carbocycles. The molecule has 4 heteroatoms. The summed E-state index contributed by atoms with van der Waals surface area (Å²) < 4.78 is 0. The third-order valence-corrected chi connectivity index (χ3v) is 6.99. The molecule has 174 valence electrons. The number of carbonyl (C=O) groups is 2. The van der Waals surface area contributed by atoms with Crippen molar-refractivity contribution in [1.29, 1.82) is 0 Å². The molecule has 0 aromatic heterocycles. The molecule has 1 heterocycles. The van der Waals surface area contributed by atoms with Crippen LogP contribution in [-0.4, -0.2) is 18.2 Å². The second-order valence-corrected chi connectivity index (χ2v) is 9.05. The second kappa shape index (κ2) is 10.7. The fourth-order valence-electron chi connectivity index (χ4n) is 4.97. The van der Waals surface area contributed by atoms with E-state index in [1.54, 1.807) is 13.0 Å². The number of carbonyl (C=O) groups excluding carboxylic acids is 2. The van der Waals surface area contributed by atoms with Crippen molar-refractivity contribution in [3.05, 3.63) is 65.2 Å². The van der Waals surface area contributed by atoms with Crippen molar-refractivity contribution in [3.8, 4) is 0 Å². The highest BCUT2D eigenvalue weighted by Crippen LogP contribution is 2.45. The molecule has 0 aliphatic carbocycles. The highest BCUT2D eigenvalue weighted by Gasteiger charge is 2.34. The Morgan fingerprint density at radius 1 is 1.06 bits per heavy atom. The van der Waals surface area contributed by atoms with Gasteiger partial charge >= 0.3 is 0 Å². The number of anilines is 1. The number of hydrogen-bond donors (Lipinski definition) is 2. The van der Waals surface area contributed by atoms with Gasteiger partial charge < -0.3 is 11.1 Å². The Morgan fingerprint density at radius 2 is 1.78 bits per heavy atom. The predicted octanol–water partition coefficient (Wildman–Crippen LogP) is 6.67. The quantitative estimate of drug-likeness (QED) is 0.248. The molecule has 3 N–H and O–H groups in total. The number of hydrogen-bond acceptors (Lipinski definition) is 3. The Kier molecular flexibility index (Phi) is 8.03. The normalized spacial score (nSPS) is 17.3. The smallest absolute Gasteiger partial charge is 0.256 e. The molecule has 3 atom stereocenters. The first-order chi connectivity index (χ1) is 15.4. The lowest BCUT2D eigenvalue weighted by Crippen LogP contribution is -2.23. The highest BCUT2D eigenvalue weighted by molar-refractivity contribution is 6.37. The number of rotatable bonds is 10. The lowest BCUT2D eigenvalue weighted by Gasteiger charge is -2.32. The number of fused-ring (bicyclic) bond motifs is 1. The maximum absolute atomic E-state index is 13.3. The molecule has 3 unspecified atom stereocenters. The summed E-state index contributed by atoms with van der Waals surface area (Å²) in [6, 6.07) is 15.7. The van der Waals surface area contributed by atoms with E-state index >= 15 is 0 Å². The molecule has 4 nitrogen and oxygen atoms in total. The molecule has 1 amide bonds. The first kappa shape index (κ1) is 23.9. The van der Waals surface area contributed by atoms with Gasteiger partial charge in [0.2, 0.25) is 0 Å². The van der Waals surface area contributed by atoms with Crippen molar-refractivity contribution >= 4 is 28.5 Å². The molecule has 0 bridgehead atoms. The molecule has 0 saturated carbocycles. The van der Waals surface area contributed by atoms with Crippen LogP contribution in [0.2, 0.25) is 0 Å². The van der Waals surface area contributed by atoms with Gasteiger partial charge in [-0.3, -0.25) is 9.59 Å². The van der Waals surface area contributed by atoms with E-state index in [4.69, 9.17) is 5.73 Å². The van der Waals surface area contributed by atoms with E-state index in [2.05, 4.69) is 38.2 Å². The minimum Gasteiger partial charge on any atom is -0.330 e. The SMILES string of the molecule is CCC(C)C(CCCCN)C(C)/C(=C1\C(=O)Nc2ccc(C(C)=O)cc21)c1ccccc1.[HH].[HH]. The number of allylic oxidation sites excluding steroid dienone is 1. The third kappa shape index (κ3) is 5.02. The Hall–Kier alpha value is -2.72. The highest BCUT2D eigenvalue weighted by atomic mass is 16.2. The first-order valence-corrected chi connectivity index (χ1v) is 11.8. The van der Waals surface area contributed by atoms with Crippen LogP contribution in [0.4, 0.5) is 5.69 Å². The van der Waals surface area contributed by atoms with Crippen LogP contribution in [0.3, 0.4) is 0 Å². The molecule has 1 aliphatic rings. The van der Waals surface area contributed by atoms with Crippen LogP contribution in [0.15, 0.2) is 48.5 Å². The molecular weight excluding hydrogens is 396 g/mol. The standard InChI is InChI=1S/C28H36N2O2.2H2/c1-5-18(2)23(13-9-10-16-29)19(3)26(21-11-7-6-8-12-21)27-24-17-22(20(4)31)14-15-25(24)30-28(27)32;;/h6-8,11-12,14-15,17-19,23H,5,9-10,13,16,29H2,1-4H3,(H,30,32);2*1H/b27-26+;;. The first-order valence-electron chi connectivity index (χ1n) is 11.8. The molecular formula is C28H40N2O2. The summed E-state index contributed by atoms with van der Waals surface area (Å²) in [4.78, 5) is 25.3. The van der Waals surface area contributed by atoms with E-state index in [0.717, 1.165) is 48.1 Å². The maximum atomic E-state index is 13.3. The number of benzene rings is 2. The summed E-state index contributed by atoms with van der Waals surface area (Å²) in [5, 5.41) is 3.03. The van der Waals surface area contributed by atoms with Gasteiger partial charge in [-0.05, 0) is 73.4 Å². The zero-order valence-electron chi connectivity index (χ0n) is 19.8. The summed E-state index contributed by atoms with van der Waals surface area (Å²) in [6.45, 7) is 9.08. The van der Waals surface area contributed by atoms with Crippen LogP contribution in [0, 0.1) is 17.8 Å². The largest absolute Gasteiger partial charge is 0.330 e. The number of nitrogens with two attached hydrogens (primary N) is 1. The molecule has 32 heavy (non-hydrogen) atoms. The fourth-order valence-corrected chi connectivity index (χ4v) is 4.97. The van der Waals surface area contributed by atoms with E-state index < -0.39 is 0 Å². The van der Waals surface area contributed by atoms with Crippen molar-refractivity contribution in [2.24, 2.45) is 23.5 Å². The summed E-state index contributed by atoms with van der Waals surface area (Å²) in [5.41, 5.74) is 10.8. The van der Waals surface area contributed by atoms with Crippen LogP contribution < -0.4 is 11.1 Å². The summed E-state index contributed by atoms with van der Waals surface area (Å²) in [6.07, 6.45) is 4.28. The number of nitrogens with one attached hydrogen (secondary N) is 1. The van der Waals surface area contributed by atoms with E-state index in [0.29, 0.717) is 29.5 Å². The van der Waals surface area contributed by atoms with Gasteiger partial charge in [-0.2, -0.15) is 0 Å². The van der Waals surface area contributed by atoms with Crippen LogP contribution in [-0.2, 0) is 4.79 Å². The predicted molar refractivity (Wildman–Crippen MR) is 138 cm³/mol. The average Bonchev–Trinajstić information content (AvgIpc) is 3.12. The van der Waals surface area contributed by atoms with Gasteiger partial charge in [-0.25, -0.2) is 0 Å². The molecule has 2 aromatic rings. The van der Waals surface area contributed by atoms with Crippen molar-refractivity contribution in [3.63, 3.8) is 0 Å². The molecule has 3 rings (SSSR count). The van der Waals surface area contributed by atoms with Crippen molar-refractivity contribution in [1.82, 2.24) is 0 Å². The molecule has 1 aliphatic heterocycles. The van der Waals surface area contributed by atoms with Gasteiger partial charge in [0.05, 0.1) is 5.57 Å². The number of unbranched alkanes of at least 4 members (excludes halogenated alkanes) is 1. The fraction of sp³-hybridized carbons (Fsp3) is 0.429. The minimum absolute atomic E-state index is 0. The van der Waals surface area contributed by atoms with E-state index in [1.165, 1.54) is 0 Å². The summed E-state index contributed by atoms with van der Waals surface area (Å²) >= 11 is 0. The lowest BCUT2D eigenvalue weighted by molar-refractivity contribution is -0.110. The van der Waals surface area contributed by atoms with E-state index in [1.807, 2.05) is 30.3 Å². The summed E-state index contributed by atoms with van der Waals surface area (Å²) in [5.74, 6) is 1.05. The van der Waals surface area contributed by atoms with E-state index in [-0.39, 0.29) is 20.5 Å². The van der Waals surface area contributed by atoms with Crippen molar-refractivity contribution < 1.29 is 12.4 Å². The third-order valence-electron chi connectivity index (χ3n) is 6.99. The summed E-state index contributed by atoms with van der Waals surface area (Å²) in [7, 11) is 0. The van der Waals surface area contributed by atoms with Crippen LogP contribution in [0.25, 0.3) is 11.1 Å². The van der Waals surface area contributed by atoms with Gasteiger partial charge in [0.1, 0.15) is 0 Å². The molecule has 0 radical (unpaired) electrons.